The quantitative estimate of drug-likeness (QED) is 0.607. The minimum absolute atomic E-state index is 0.215. The molecule has 0 radical (unpaired) electrons. The molecule has 0 spiro atoms. The van der Waals surface area contributed by atoms with Gasteiger partial charge in [0.15, 0.2) is 0 Å². The van der Waals surface area contributed by atoms with Gasteiger partial charge < -0.3 is 4.90 Å². The predicted molar refractivity (Wildman–Crippen MR) is 106 cm³/mol. The van der Waals surface area contributed by atoms with Crippen LogP contribution in [0.5, 0.6) is 0 Å². The van der Waals surface area contributed by atoms with Crippen LogP contribution in [-0.2, 0) is 0 Å². The molecule has 2 aromatic rings. The first kappa shape index (κ1) is 18.0. The molecular weight excluding hydrogens is 306 g/mol. The molecular formula is C23H31NO. The molecule has 0 atom stereocenters. The maximum atomic E-state index is 13.2. The normalized spacial score (nSPS) is 18.2. The smallest absolute Gasteiger partial charge is 0.254 e. The Labute approximate surface area is 152 Å². The Morgan fingerprint density at radius 2 is 1.16 bits per heavy atom. The second-order valence-corrected chi connectivity index (χ2v) is 7.35. The number of carbonyl (C=O) groups excluding carboxylic acids is 1. The minimum atomic E-state index is 0.215. The summed E-state index contributed by atoms with van der Waals surface area (Å²) in [4.78, 5) is 15.3. The summed E-state index contributed by atoms with van der Waals surface area (Å²) in [7, 11) is 0. The van der Waals surface area contributed by atoms with Crippen molar-refractivity contribution < 1.29 is 4.79 Å². The largest absolute Gasteiger partial charge is 0.339 e. The van der Waals surface area contributed by atoms with E-state index in [-0.39, 0.29) is 5.91 Å². The molecule has 1 fully saturated rings. The van der Waals surface area contributed by atoms with E-state index in [2.05, 4.69) is 23.1 Å². The summed E-state index contributed by atoms with van der Waals surface area (Å²) >= 11 is 0. The van der Waals surface area contributed by atoms with Gasteiger partial charge in [-0.05, 0) is 29.7 Å². The van der Waals surface area contributed by atoms with Gasteiger partial charge in [-0.2, -0.15) is 0 Å². The Morgan fingerprint density at radius 3 is 1.80 bits per heavy atom. The van der Waals surface area contributed by atoms with Gasteiger partial charge in [0.2, 0.25) is 0 Å². The number of rotatable bonds is 1. The molecule has 134 valence electrons. The van der Waals surface area contributed by atoms with Gasteiger partial charge in [-0.25, -0.2) is 0 Å². The minimum Gasteiger partial charge on any atom is -0.339 e. The summed E-state index contributed by atoms with van der Waals surface area (Å²) in [6.45, 7) is 1.81. The maximum absolute atomic E-state index is 13.2. The van der Waals surface area contributed by atoms with Crippen molar-refractivity contribution in [2.24, 2.45) is 0 Å². The van der Waals surface area contributed by atoms with E-state index < -0.39 is 0 Å². The molecule has 25 heavy (non-hydrogen) atoms. The number of hydrogen-bond donors (Lipinski definition) is 0. The van der Waals surface area contributed by atoms with Crippen molar-refractivity contribution >= 4 is 16.7 Å². The van der Waals surface area contributed by atoms with Gasteiger partial charge in [-0.1, -0.05) is 87.8 Å². The summed E-state index contributed by atoms with van der Waals surface area (Å²) in [5.41, 5.74) is 0.863. The van der Waals surface area contributed by atoms with Crippen LogP contribution in [0.2, 0.25) is 0 Å². The second-order valence-electron chi connectivity index (χ2n) is 7.35. The zero-order valence-corrected chi connectivity index (χ0v) is 15.4. The average molecular weight is 338 g/mol. The fourth-order valence-electron chi connectivity index (χ4n) is 3.92. The number of amides is 1. The Kier molecular flexibility index (Phi) is 6.90. The molecule has 0 aliphatic carbocycles. The number of carbonyl (C=O) groups is 1. The molecule has 1 heterocycles. The van der Waals surface area contributed by atoms with Crippen molar-refractivity contribution in [2.75, 3.05) is 13.1 Å². The molecule has 0 unspecified atom stereocenters. The van der Waals surface area contributed by atoms with Crippen LogP contribution in [-0.4, -0.2) is 23.9 Å². The lowest BCUT2D eigenvalue weighted by atomic mass is 10.0. The highest BCUT2D eigenvalue weighted by atomic mass is 16.2. The van der Waals surface area contributed by atoms with Crippen LogP contribution in [0.25, 0.3) is 10.8 Å². The third-order valence-electron chi connectivity index (χ3n) is 5.41. The Balaban J connectivity index is 1.74. The summed E-state index contributed by atoms with van der Waals surface area (Å²) in [5.74, 6) is 0.215. The van der Waals surface area contributed by atoms with E-state index in [1.807, 2.05) is 24.3 Å². The van der Waals surface area contributed by atoms with Crippen LogP contribution in [0.1, 0.15) is 74.6 Å². The average Bonchev–Trinajstić information content (AvgIpc) is 2.68. The standard InChI is InChI=1S/C23H31NO/c25-23(22-17-13-15-20-14-9-10-16-21(20)22)24-18-11-7-5-3-1-2-4-6-8-12-19-24/h9-10,13-17H,1-8,11-12,18-19H2. The van der Waals surface area contributed by atoms with Crippen LogP contribution in [0.3, 0.4) is 0 Å². The highest BCUT2D eigenvalue weighted by Gasteiger charge is 2.17. The molecule has 1 saturated heterocycles. The highest BCUT2D eigenvalue weighted by Crippen LogP contribution is 2.21. The van der Waals surface area contributed by atoms with E-state index in [4.69, 9.17) is 0 Å². The fraction of sp³-hybridized carbons (Fsp3) is 0.522. The second kappa shape index (κ2) is 9.60. The van der Waals surface area contributed by atoms with E-state index in [1.54, 1.807) is 0 Å². The number of hydrogen-bond acceptors (Lipinski definition) is 1. The van der Waals surface area contributed by atoms with E-state index in [0.717, 1.165) is 42.3 Å². The molecule has 1 aliphatic heterocycles. The van der Waals surface area contributed by atoms with Gasteiger partial charge >= 0.3 is 0 Å². The summed E-state index contributed by atoms with van der Waals surface area (Å²) in [5, 5.41) is 2.23. The van der Waals surface area contributed by atoms with Crippen molar-refractivity contribution in [2.45, 2.75) is 64.2 Å². The van der Waals surface area contributed by atoms with Gasteiger partial charge in [0.05, 0.1) is 0 Å². The molecule has 1 aliphatic rings. The van der Waals surface area contributed by atoms with Crippen LogP contribution in [0.15, 0.2) is 42.5 Å². The van der Waals surface area contributed by atoms with E-state index in [1.165, 1.54) is 51.4 Å². The van der Waals surface area contributed by atoms with Gasteiger partial charge in [0.25, 0.3) is 5.91 Å². The summed E-state index contributed by atoms with van der Waals surface area (Å²) in [6.07, 6.45) is 12.9. The lowest BCUT2D eigenvalue weighted by Gasteiger charge is -2.23. The zero-order valence-electron chi connectivity index (χ0n) is 15.4. The zero-order chi connectivity index (χ0) is 17.3. The first-order chi connectivity index (χ1) is 12.4. The Hall–Kier alpha value is -1.83. The molecule has 0 saturated carbocycles. The molecule has 2 nitrogen and oxygen atoms in total. The maximum Gasteiger partial charge on any atom is 0.254 e. The van der Waals surface area contributed by atoms with E-state index in [0.29, 0.717) is 0 Å². The monoisotopic (exact) mass is 337 g/mol. The summed E-state index contributed by atoms with van der Waals surface area (Å²) in [6, 6.07) is 14.3. The predicted octanol–water partition coefficient (Wildman–Crippen LogP) is 6.20. The molecule has 3 rings (SSSR count). The first-order valence-electron chi connectivity index (χ1n) is 10.1. The third-order valence-corrected chi connectivity index (χ3v) is 5.41. The number of nitrogens with zero attached hydrogens (tertiary/aromatic N) is 1. The molecule has 0 bridgehead atoms. The molecule has 0 aromatic heterocycles. The molecule has 1 amide bonds. The molecule has 2 heteroatoms. The third kappa shape index (κ3) is 5.07. The van der Waals surface area contributed by atoms with Gasteiger partial charge in [-0.15, -0.1) is 0 Å². The molecule has 0 N–H and O–H groups in total. The highest BCUT2D eigenvalue weighted by molar-refractivity contribution is 6.07. The van der Waals surface area contributed by atoms with Crippen LogP contribution >= 0.6 is 0 Å². The van der Waals surface area contributed by atoms with Crippen molar-refractivity contribution in [1.29, 1.82) is 0 Å². The first-order valence-corrected chi connectivity index (χ1v) is 10.1. The summed E-state index contributed by atoms with van der Waals surface area (Å²) < 4.78 is 0. The number of fused-ring (bicyclic) bond motifs is 1. The fourth-order valence-corrected chi connectivity index (χ4v) is 3.92. The SMILES string of the molecule is O=C(c1cccc2ccccc12)N1CCCCCCCCCCCC1. The van der Waals surface area contributed by atoms with Gasteiger partial charge in [0, 0.05) is 18.7 Å². The molecule has 2 aromatic carbocycles. The van der Waals surface area contributed by atoms with E-state index in [9.17, 15) is 4.79 Å². The lowest BCUT2D eigenvalue weighted by molar-refractivity contribution is 0.0751. The number of benzene rings is 2. The lowest BCUT2D eigenvalue weighted by Crippen LogP contribution is -2.33. The van der Waals surface area contributed by atoms with E-state index >= 15 is 0 Å². The van der Waals surface area contributed by atoms with Crippen LogP contribution in [0.4, 0.5) is 0 Å². The van der Waals surface area contributed by atoms with Crippen molar-refractivity contribution in [3.63, 3.8) is 0 Å². The Morgan fingerprint density at radius 1 is 0.640 bits per heavy atom. The van der Waals surface area contributed by atoms with Crippen molar-refractivity contribution in [3.05, 3.63) is 48.0 Å². The van der Waals surface area contributed by atoms with Crippen molar-refractivity contribution in [1.82, 2.24) is 4.90 Å². The van der Waals surface area contributed by atoms with Crippen LogP contribution < -0.4 is 0 Å². The van der Waals surface area contributed by atoms with Crippen LogP contribution in [0, 0.1) is 0 Å². The topological polar surface area (TPSA) is 20.3 Å². The Bertz CT molecular complexity index is 659. The van der Waals surface area contributed by atoms with Gasteiger partial charge in [-0.3, -0.25) is 4.79 Å². The van der Waals surface area contributed by atoms with Gasteiger partial charge in [0.1, 0.15) is 0 Å². The van der Waals surface area contributed by atoms with Crippen molar-refractivity contribution in [3.8, 4) is 0 Å².